The lowest BCUT2D eigenvalue weighted by atomic mass is 9.71. The average molecular weight is 788 g/mol. The van der Waals surface area contributed by atoms with E-state index in [0.717, 1.165) is 84.8 Å². The van der Waals surface area contributed by atoms with Crippen LogP contribution in [-0.4, -0.2) is 113 Å². The topological polar surface area (TPSA) is 164 Å². The van der Waals surface area contributed by atoms with Gasteiger partial charge in [-0.05, 0) is 72.5 Å². The summed E-state index contributed by atoms with van der Waals surface area (Å²) in [5.74, 6) is -0.190. The van der Waals surface area contributed by atoms with Crippen molar-refractivity contribution in [3.05, 3.63) is 82.0 Å². The van der Waals surface area contributed by atoms with Gasteiger partial charge in [-0.1, -0.05) is 0 Å². The average Bonchev–Trinajstić information content (AvgIpc) is 3.45. The van der Waals surface area contributed by atoms with E-state index in [-0.39, 0.29) is 46.8 Å². The Kier molecular flexibility index (Phi) is 9.29. The van der Waals surface area contributed by atoms with Crippen molar-refractivity contribution in [3.8, 4) is 22.6 Å². The maximum Gasteiger partial charge on any atom is 0.262 e. The fourth-order valence-electron chi connectivity index (χ4n) is 9.52. The Morgan fingerprint density at radius 2 is 1.60 bits per heavy atom. The second-order valence-electron chi connectivity index (χ2n) is 16.4. The minimum Gasteiger partial charge on any atom is -0.496 e. The molecule has 15 heteroatoms. The molecule has 1 unspecified atom stereocenters. The van der Waals surface area contributed by atoms with E-state index in [9.17, 15) is 28.8 Å². The number of likely N-dealkylation sites (tertiary alicyclic amines) is 2. The molecule has 0 saturated carbocycles. The summed E-state index contributed by atoms with van der Waals surface area (Å²) in [4.78, 5) is 88.4. The number of ether oxygens (including phenoxy) is 2. The molecule has 5 aliphatic rings. The van der Waals surface area contributed by atoms with Crippen molar-refractivity contribution < 1.29 is 33.4 Å². The molecule has 0 bridgehead atoms. The number of nitrogens with zero attached hydrogens (tertiary/aromatic N) is 6. The summed E-state index contributed by atoms with van der Waals surface area (Å²) in [6, 6.07) is 10.1. The van der Waals surface area contributed by atoms with E-state index in [1.807, 2.05) is 35.4 Å². The molecule has 2 aromatic heterocycles. The maximum atomic E-state index is 13.4. The van der Waals surface area contributed by atoms with Crippen molar-refractivity contribution in [2.24, 2.45) is 18.4 Å². The van der Waals surface area contributed by atoms with E-state index < -0.39 is 29.7 Å². The first kappa shape index (κ1) is 37.5. The lowest BCUT2D eigenvalue weighted by Crippen LogP contribution is -2.62. The molecule has 5 amide bonds. The van der Waals surface area contributed by atoms with Gasteiger partial charge in [0, 0.05) is 101 Å². The molecule has 15 nitrogen and oxygen atoms in total. The number of fused-ring (bicyclic) bond motifs is 2. The van der Waals surface area contributed by atoms with Crippen LogP contribution in [0.5, 0.6) is 11.5 Å². The Hall–Kier alpha value is -6.09. The van der Waals surface area contributed by atoms with Gasteiger partial charge >= 0.3 is 0 Å². The molecule has 7 heterocycles. The Balaban J connectivity index is 0.771. The number of piperidine rings is 2. The highest BCUT2D eigenvalue weighted by Crippen LogP contribution is 2.43. The number of anilines is 1. The molecule has 4 saturated heterocycles. The molecule has 0 aliphatic carbocycles. The molecule has 4 aromatic rings. The number of aromatic nitrogens is 2. The summed E-state index contributed by atoms with van der Waals surface area (Å²) in [7, 11) is 5.02. The summed E-state index contributed by atoms with van der Waals surface area (Å²) < 4.78 is 13.3. The quantitative estimate of drug-likeness (QED) is 0.248. The van der Waals surface area contributed by atoms with Gasteiger partial charge in [-0.2, -0.15) is 0 Å². The molecule has 0 radical (unpaired) electrons. The van der Waals surface area contributed by atoms with Gasteiger partial charge < -0.3 is 23.8 Å². The van der Waals surface area contributed by atoms with Gasteiger partial charge in [-0.15, -0.1) is 0 Å². The summed E-state index contributed by atoms with van der Waals surface area (Å²) in [6.07, 6.45) is 7.64. The number of hydrogen-bond acceptors (Lipinski definition) is 11. The molecule has 1 atom stereocenters. The number of nitrogens with one attached hydrogen (secondary N) is 1. The van der Waals surface area contributed by atoms with Gasteiger partial charge in [-0.25, -0.2) is 0 Å². The molecule has 300 valence electrons. The highest BCUT2D eigenvalue weighted by atomic mass is 16.5. The standard InChI is InChI=1S/C43H45N7O8/c1-46-21-32(28-8-11-44-18-31(28)40(46)54)26-15-35(57-2)33(36(16-26)58-3)22-47-19-25(20-47)14-38(52)49-23-43(24-49)9-12-48(13-10-43)27-4-5-29-30(17-27)42(56)50(41(29)55)34-6-7-37(51)45-39(34)53/h4-5,8,11,15-18,21,25,34H,6-7,9-10,12-14,19-20,22-24H2,1-3H3,(H,45,51,53). The van der Waals surface area contributed by atoms with Crippen molar-refractivity contribution in [3.63, 3.8) is 0 Å². The van der Waals surface area contributed by atoms with Crippen LogP contribution in [-0.2, 0) is 28.0 Å². The van der Waals surface area contributed by atoms with E-state index in [4.69, 9.17) is 9.47 Å². The highest BCUT2D eigenvalue weighted by molar-refractivity contribution is 6.23. The number of benzene rings is 2. The zero-order valence-electron chi connectivity index (χ0n) is 32.8. The Labute approximate surface area is 334 Å². The van der Waals surface area contributed by atoms with Crippen LogP contribution in [0.15, 0.2) is 59.8 Å². The van der Waals surface area contributed by atoms with E-state index in [1.54, 1.807) is 50.4 Å². The second-order valence-corrected chi connectivity index (χ2v) is 16.4. The maximum absolute atomic E-state index is 13.4. The monoisotopic (exact) mass is 787 g/mol. The summed E-state index contributed by atoms with van der Waals surface area (Å²) in [5, 5.41) is 3.58. The number of imide groups is 2. The summed E-state index contributed by atoms with van der Waals surface area (Å²) in [5.41, 5.74) is 4.05. The van der Waals surface area contributed by atoms with Crippen LogP contribution in [0.1, 0.15) is 58.4 Å². The first-order valence-corrected chi connectivity index (χ1v) is 19.7. The third-order valence-corrected chi connectivity index (χ3v) is 12.8. The van der Waals surface area contributed by atoms with Gasteiger partial charge in [0.1, 0.15) is 17.5 Å². The first-order chi connectivity index (χ1) is 28.0. The number of carbonyl (C=O) groups excluding carboxylic acids is 5. The predicted molar refractivity (Wildman–Crippen MR) is 212 cm³/mol. The summed E-state index contributed by atoms with van der Waals surface area (Å²) >= 11 is 0. The molecule has 58 heavy (non-hydrogen) atoms. The molecular weight excluding hydrogens is 743 g/mol. The van der Waals surface area contributed by atoms with E-state index >= 15 is 0 Å². The van der Waals surface area contributed by atoms with Crippen molar-refractivity contribution >= 4 is 46.0 Å². The van der Waals surface area contributed by atoms with Crippen molar-refractivity contribution in [2.45, 2.75) is 44.7 Å². The second kappa shape index (κ2) is 14.4. The third kappa shape index (κ3) is 6.37. The van der Waals surface area contributed by atoms with Crippen LogP contribution in [0.3, 0.4) is 0 Å². The highest BCUT2D eigenvalue weighted by Gasteiger charge is 2.48. The number of aryl methyl sites for hydroxylation is 1. The Morgan fingerprint density at radius 3 is 2.29 bits per heavy atom. The van der Waals surface area contributed by atoms with Crippen LogP contribution in [0, 0.1) is 11.3 Å². The molecule has 1 N–H and O–H groups in total. The van der Waals surface area contributed by atoms with Crippen LogP contribution in [0.25, 0.3) is 21.9 Å². The van der Waals surface area contributed by atoms with Gasteiger partial charge in [0.25, 0.3) is 17.4 Å². The lowest BCUT2D eigenvalue weighted by Gasteiger charge is -2.54. The number of carbonyl (C=O) groups is 5. The fourth-order valence-corrected chi connectivity index (χ4v) is 9.52. The zero-order valence-corrected chi connectivity index (χ0v) is 32.8. The van der Waals surface area contributed by atoms with E-state index in [1.165, 1.54) is 0 Å². The first-order valence-electron chi connectivity index (χ1n) is 19.7. The molecular formula is C43H45N7O8. The van der Waals surface area contributed by atoms with E-state index in [2.05, 4.69) is 20.1 Å². The van der Waals surface area contributed by atoms with E-state index in [0.29, 0.717) is 29.9 Å². The van der Waals surface area contributed by atoms with Gasteiger partial charge in [0.2, 0.25) is 17.7 Å². The molecule has 4 fully saturated rings. The SMILES string of the molecule is COc1cc(-c2cn(C)c(=O)c3cnccc23)cc(OC)c1CN1CC(CC(=O)N2CC3(CCN(c4ccc5c(c4)C(=O)N(C4CCC(=O)NC4=O)C5=O)CC3)C2)C1. The number of hydrogen-bond donors (Lipinski definition) is 1. The van der Waals surface area contributed by atoms with Crippen LogP contribution >= 0.6 is 0 Å². The Bertz CT molecular complexity index is 2430. The Morgan fingerprint density at radius 1 is 0.897 bits per heavy atom. The minimum atomic E-state index is -0.992. The number of pyridine rings is 2. The van der Waals surface area contributed by atoms with Gasteiger partial charge in [0.15, 0.2) is 0 Å². The smallest absolute Gasteiger partial charge is 0.262 e. The molecule has 5 aliphatic heterocycles. The molecule has 9 rings (SSSR count). The predicted octanol–water partition coefficient (Wildman–Crippen LogP) is 2.97. The van der Waals surface area contributed by atoms with Crippen LogP contribution in [0.4, 0.5) is 5.69 Å². The number of amides is 5. The van der Waals surface area contributed by atoms with Crippen molar-refractivity contribution in [2.75, 3.05) is 58.4 Å². The van der Waals surface area contributed by atoms with Crippen LogP contribution in [0.2, 0.25) is 0 Å². The number of rotatable bonds is 9. The minimum absolute atomic E-state index is 0.0781. The normalized spacial score (nSPS) is 20.6. The zero-order chi connectivity index (χ0) is 40.5. The lowest BCUT2D eigenvalue weighted by molar-refractivity contribution is -0.147. The van der Waals surface area contributed by atoms with Gasteiger partial charge in [-0.3, -0.25) is 48.9 Å². The fraction of sp³-hybridized carbons (Fsp3) is 0.419. The van der Waals surface area contributed by atoms with Crippen molar-refractivity contribution in [1.29, 1.82) is 0 Å². The number of methoxy groups -OCH3 is 2. The van der Waals surface area contributed by atoms with Gasteiger partial charge in [0.05, 0.1) is 36.3 Å². The largest absolute Gasteiger partial charge is 0.496 e. The van der Waals surface area contributed by atoms with Crippen molar-refractivity contribution in [1.82, 2.24) is 29.6 Å². The van der Waals surface area contributed by atoms with Crippen LogP contribution < -0.4 is 25.2 Å². The molecule has 1 spiro atoms. The molecule has 2 aromatic carbocycles. The third-order valence-electron chi connectivity index (χ3n) is 12.8. The summed E-state index contributed by atoms with van der Waals surface area (Å²) in [6.45, 7) is 5.24.